The Kier molecular flexibility index (Phi) is 1.95. The molecule has 1 aromatic rings. The molecule has 0 spiro atoms. The number of hydrogen-bond acceptors (Lipinski definition) is 2. The predicted molar refractivity (Wildman–Crippen MR) is 37.7 cm³/mol. The van der Waals surface area contributed by atoms with Crippen molar-refractivity contribution in [2.45, 2.75) is 0 Å². The van der Waals surface area contributed by atoms with Crippen molar-refractivity contribution in [1.29, 1.82) is 0 Å². The third-order valence-electron chi connectivity index (χ3n) is 1.28. The Morgan fingerprint density at radius 2 is 2.00 bits per heavy atom. The lowest BCUT2D eigenvalue weighted by Gasteiger charge is -1.99. The fraction of sp³-hybridized carbons (Fsp3) is 0. The van der Waals surface area contributed by atoms with E-state index < -0.39 is 23.2 Å². The van der Waals surface area contributed by atoms with Gasteiger partial charge in [-0.05, 0) is 12.1 Å². The first-order chi connectivity index (χ1) is 5.52. The molecular formula is C7H5F2NO2. The Morgan fingerprint density at radius 1 is 1.42 bits per heavy atom. The normalized spacial score (nSPS) is 9.83. The summed E-state index contributed by atoms with van der Waals surface area (Å²) in [6, 6.07) is 1.59. The van der Waals surface area contributed by atoms with Crippen LogP contribution in [0.1, 0.15) is 10.4 Å². The molecule has 1 rings (SSSR count). The Balaban J connectivity index is 3.37. The summed E-state index contributed by atoms with van der Waals surface area (Å²) >= 11 is 0. The van der Waals surface area contributed by atoms with E-state index in [0.29, 0.717) is 0 Å². The van der Waals surface area contributed by atoms with Crippen LogP contribution in [-0.2, 0) is 0 Å². The van der Waals surface area contributed by atoms with Gasteiger partial charge in [0.1, 0.15) is 5.56 Å². The largest absolute Gasteiger partial charge is 0.478 e. The average Bonchev–Trinajstić information content (AvgIpc) is 1.96. The molecule has 0 aliphatic carbocycles. The molecule has 0 saturated heterocycles. The highest BCUT2D eigenvalue weighted by Gasteiger charge is 2.14. The molecule has 3 nitrogen and oxygen atoms in total. The van der Waals surface area contributed by atoms with Crippen molar-refractivity contribution in [3.05, 3.63) is 29.3 Å². The van der Waals surface area contributed by atoms with Crippen molar-refractivity contribution < 1.29 is 18.7 Å². The smallest absolute Gasteiger partial charge is 0.338 e. The Hall–Kier alpha value is -1.65. The number of anilines is 1. The van der Waals surface area contributed by atoms with E-state index in [9.17, 15) is 13.6 Å². The van der Waals surface area contributed by atoms with Gasteiger partial charge in [-0.15, -0.1) is 0 Å². The number of hydrogen-bond donors (Lipinski definition) is 2. The first kappa shape index (κ1) is 8.45. The monoisotopic (exact) mass is 173 g/mol. The molecule has 0 unspecified atom stereocenters. The van der Waals surface area contributed by atoms with Crippen LogP contribution in [0.2, 0.25) is 0 Å². The van der Waals surface area contributed by atoms with E-state index in [2.05, 4.69) is 0 Å². The van der Waals surface area contributed by atoms with Crippen LogP contribution in [0.25, 0.3) is 0 Å². The number of nitrogen functional groups attached to an aromatic ring is 1. The van der Waals surface area contributed by atoms with Crippen LogP contribution in [0.4, 0.5) is 14.5 Å². The zero-order chi connectivity index (χ0) is 9.30. The maximum Gasteiger partial charge on any atom is 0.338 e. The molecule has 0 aliphatic heterocycles. The molecule has 5 heteroatoms. The van der Waals surface area contributed by atoms with E-state index >= 15 is 0 Å². The molecule has 0 fully saturated rings. The van der Waals surface area contributed by atoms with Gasteiger partial charge in [-0.25, -0.2) is 13.6 Å². The lowest BCUT2D eigenvalue weighted by molar-refractivity contribution is 0.0690. The molecule has 0 aromatic heterocycles. The number of carboxylic acids is 1. The number of aromatic carboxylic acids is 1. The minimum atomic E-state index is -1.54. The van der Waals surface area contributed by atoms with Crippen LogP contribution in [-0.4, -0.2) is 11.1 Å². The second-order valence-corrected chi connectivity index (χ2v) is 2.17. The van der Waals surface area contributed by atoms with E-state index in [4.69, 9.17) is 10.8 Å². The molecule has 0 saturated carbocycles. The first-order valence-electron chi connectivity index (χ1n) is 3.00. The van der Waals surface area contributed by atoms with Crippen molar-refractivity contribution >= 4 is 11.7 Å². The summed E-state index contributed by atoms with van der Waals surface area (Å²) in [6.45, 7) is 0. The van der Waals surface area contributed by atoms with Gasteiger partial charge in [0.15, 0.2) is 11.6 Å². The highest BCUT2D eigenvalue weighted by Crippen LogP contribution is 2.15. The average molecular weight is 173 g/mol. The number of carboxylic acid groups (broad SMARTS) is 1. The Labute approximate surface area is 66.4 Å². The molecule has 0 radical (unpaired) electrons. The topological polar surface area (TPSA) is 63.3 Å². The lowest BCUT2D eigenvalue weighted by Crippen LogP contribution is -2.04. The second kappa shape index (κ2) is 2.77. The summed E-state index contributed by atoms with van der Waals surface area (Å²) in [5, 5.41) is 8.35. The number of benzene rings is 1. The van der Waals surface area contributed by atoms with Gasteiger partial charge in [0.05, 0.1) is 0 Å². The highest BCUT2D eigenvalue weighted by molar-refractivity contribution is 5.89. The minimum Gasteiger partial charge on any atom is -0.478 e. The van der Waals surface area contributed by atoms with Gasteiger partial charge in [-0.1, -0.05) is 0 Å². The fourth-order valence-corrected chi connectivity index (χ4v) is 0.766. The summed E-state index contributed by atoms with van der Waals surface area (Å²) in [5.41, 5.74) is 4.22. The molecule has 64 valence electrons. The van der Waals surface area contributed by atoms with Crippen LogP contribution in [0.15, 0.2) is 12.1 Å². The second-order valence-electron chi connectivity index (χ2n) is 2.17. The molecule has 3 N–H and O–H groups in total. The standard InChI is InChI=1S/C7H5F2NO2/c8-5-2-3(10)1-4(6(5)9)7(11)12/h1-2H,10H2,(H,11,12). The van der Waals surface area contributed by atoms with Crippen LogP contribution in [0.5, 0.6) is 0 Å². The number of carbonyl (C=O) groups is 1. The maximum atomic E-state index is 12.6. The predicted octanol–water partition coefficient (Wildman–Crippen LogP) is 1.25. The Morgan fingerprint density at radius 3 is 2.50 bits per heavy atom. The van der Waals surface area contributed by atoms with E-state index in [0.717, 1.165) is 12.1 Å². The zero-order valence-electron chi connectivity index (χ0n) is 5.84. The van der Waals surface area contributed by atoms with Crippen molar-refractivity contribution in [2.75, 3.05) is 5.73 Å². The van der Waals surface area contributed by atoms with Crippen LogP contribution < -0.4 is 5.73 Å². The third-order valence-corrected chi connectivity index (χ3v) is 1.28. The van der Waals surface area contributed by atoms with Crippen molar-refractivity contribution in [3.8, 4) is 0 Å². The summed E-state index contributed by atoms with van der Waals surface area (Å²) in [4.78, 5) is 10.3. The van der Waals surface area contributed by atoms with E-state index in [1.54, 1.807) is 0 Å². The van der Waals surface area contributed by atoms with Gasteiger partial charge in [0.25, 0.3) is 0 Å². The fourth-order valence-electron chi connectivity index (χ4n) is 0.766. The van der Waals surface area contributed by atoms with Crippen LogP contribution in [0.3, 0.4) is 0 Å². The number of rotatable bonds is 1. The Bertz CT molecular complexity index is 338. The quantitative estimate of drug-likeness (QED) is 0.628. The molecular weight excluding hydrogens is 168 g/mol. The van der Waals surface area contributed by atoms with Gasteiger partial charge in [-0.3, -0.25) is 0 Å². The zero-order valence-corrected chi connectivity index (χ0v) is 5.84. The van der Waals surface area contributed by atoms with E-state index in [1.807, 2.05) is 0 Å². The highest BCUT2D eigenvalue weighted by atomic mass is 19.2. The van der Waals surface area contributed by atoms with Gasteiger partial charge in [0.2, 0.25) is 0 Å². The number of halogens is 2. The lowest BCUT2D eigenvalue weighted by atomic mass is 10.2. The molecule has 0 atom stereocenters. The van der Waals surface area contributed by atoms with Gasteiger partial charge in [-0.2, -0.15) is 0 Å². The molecule has 0 bridgehead atoms. The summed E-state index contributed by atoms with van der Waals surface area (Å²) in [5.74, 6) is -4.19. The molecule has 1 aromatic carbocycles. The first-order valence-corrected chi connectivity index (χ1v) is 3.00. The van der Waals surface area contributed by atoms with Gasteiger partial charge < -0.3 is 10.8 Å². The van der Waals surface area contributed by atoms with Gasteiger partial charge >= 0.3 is 5.97 Å². The third kappa shape index (κ3) is 1.34. The van der Waals surface area contributed by atoms with E-state index in [1.165, 1.54) is 0 Å². The van der Waals surface area contributed by atoms with E-state index in [-0.39, 0.29) is 5.69 Å². The number of nitrogens with two attached hydrogens (primary N) is 1. The molecule has 0 aliphatic rings. The van der Waals surface area contributed by atoms with Gasteiger partial charge in [0, 0.05) is 5.69 Å². The van der Waals surface area contributed by atoms with Crippen molar-refractivity contribution in [1.82, 2.24) is 0 Å². The van der Waals surface area contributed by atoms with Crippen LogP contribution in [0, 0.1) is 11.6 Å². The molecule has 0 amide bonds. The molecule has 0 heterocycles. The van der Waals surface area contributed by atoms with Crippen LogP contribution >= 0.6 is 0 Å². The van der Waals surface area contributed by atoms with Crippen molar-refractivity contribution in [3.63, 3.8) is 0 Å². The minimum absolute atomic E-state index is 0.119. The summed E-state index contributed by atoms with van der Waals surface area (Å²) in [7, 11) is 0. The maximum absolute atomic E-state index is 12.6. The summed E-state index contributed by atoms with van der Waals surface area (Å²) in [6.07, 6.45) is 0. The van der Waals surface area contributed by atoms with Crippen molar-refractivity contribution in [2.24, 2.45) is 0 Å². The summed E-state index contributed by atoms with van der Waals surface area (Å²) < 4.78 is 25.1. The SMILES string of the molecule is Nc1cc(F)c(F)c(C(=O)O)c1. The molecule has 12 heavy (non-hydrogen) atoms.